The lowest BCUT2D eigenvalue weighted by molar-refractivity contribution is -0.117. The van der Waals surface area contributed by atoms with Crippen LogP contribution in [-0.2, 0) is 4.79 Å². The zero-order valence-electron chi connectivity index (χ0n) is 15.4. The van der Waals surface area contributed by atoms with E-state index >= 15 is 0 Å². The lowest BCUT2D eigenvalue weighted by Gasteiger charge is -2.35. The van der Waals surface area contributed by atoms with Crippen LogP contribution in [0.1, 0.15) is 25.3 Å². The highest BCUT2D eigenvalue weighted by Gasteiger charge is 2.19. The van der Waals surface area contributed by atoms with Gasteiger partial charge in [0.15, 0.2) is 0 Å². The van der Waals surface area contributed by atoms with Gasteiger partial charge < -0.3 is 10.2 Å². The molecule has 0 aromatic heterocycles. The molecule has 0 saturated carbocycles. The molecule has 3 rings (SSSR count). The third-order valence-corrected chi connectivity index (χ3v) is 5.04. The SMILES string of the molecule is CC(C)c1ccc(NC(=O)CN2CCN(c3ccc(Cl)cc3)CC2)cc1. The fraction of sp³-hybridized carbons (Fsp3) is 0.381. The van der Waals surface area contributed by atoms with Crippen LogP contribution < -0.4 is 10.2 Å². The molecule has 4 nitrogen and oxygen atoms in total. The number of hydrogen-bond acceptors (Lipinski definition) is 3. The summed E-state index contributed by atoms with van der Waals surface area (Å²) in [5.74, 6) is 0.541. The lowest BCUT2D eigenvalue weighted by Crippen LogP contribution is -2.48. The number of anilines is 2. The molecule has 1 aliphatic heterocycles. The van der Waals surface area contributed by atoms with E-state index < -0.39 is 0 Å². The molecule has 1 amide bonds. The van der Waals surface area contributed by atoms with Crippen molar-refractivity contribution < 1.29 is 4.79 Å². The van der Waals surface area contributed by atoms with Gasteiger partial charge in [0.05, 0.1) is 6.54 Å². The molecule has 0 atom stereocenters. The maximum atomic E-state index is 12.3. The van der Waals surface area contributed by atoms with Crippen LogP contribution in [0.15, 0.2) is 48.5 Å². The Labute approximate surface area is 160 Å². The topological polar surface area (TPSA) is 35.6 Å². The quantitative estimate of drug-likeness (QED) is 0.854. The van der Waals surface area contributed by atoms with Crippen molar-refractivity contribution in [3.05, 3.63) is 59.1 Å². The van der Waals surface area contributed by atoms with E-state index in [1.807, 2.05) is 36.4 Å². The normalized spacial score (nSPS) is 15.3. The van der Waals surface area contributed by atoms with Crippen molar-refractivity contribution >= 4 is 28.9 Å². The van der Waals surface area contributed by atoms with Gasteiger partial charge in [0.25, 0.3) is 0 Å². The molecule has 1 aliphatic rings. The predicted octanol–water partition coefficient (Wildman–Crippen LogP) is 4.22. The maximum Gasteiger partial charge on any atom is 0.238 e. The van der Waals surface area contributed by atoms with Gasteiger partial charge in [-0.1, -0.05) is 37.6 Å². The van der Waals surface area contributed by atoms with Gasteiger partial charge in [0.1, 0.15) is 0 Å². The van der Waals surface area contributed by atoms with Gasteiger partial charge in [-0.3, -0.25) is 9.69 Å². The molecule has 1 fully saturated rings. The highest BCUT2D eigenvalue weighted by molar-refractivity contribution is 6.30. The number of nitrogens with one attached hydrogen (secondary N) is 1. The fourth-order valence-electron chi connectivity index (χ4n) is 3.17. The fourth-order valence-corrected chi connectivity index (χ4v) is 3.30. The molecule has 0 bridgehead atoms. The van der Waals surface area contributed by atoms with Gasteiger partial charge in [-0.25, -0.2) is 0 Å². The van der Waals surface area contributed by atoms with Crippen molar-refractivity contribution in [1.82, 2.24) is 4.90 Å². The first-order valence-corrected chi connectivity index (χ1v) is 9.52. The highest BCUT2D eigenvalue weighted by Crippen LogP contribution is 2.20. The van der Waals surface area contributed by atoms with Crippen LogP contribution in [0.25, 0.3) is 0 Å². The molecular formula is C21H26ClN3O. The van der Waals surface area contributed by atoms with Crippen molar-refractivity contribution in [3.8, 4) is 0 Å². The summed E-state index contributed by atoms with van der Waals surface area (Å²) in [6, 6.07) is 16.0. The van der Waals surface area contributed by atoms with Gasteiger partial charge in [0.2, 0.25) is 5.91 Å². The standard InChI is InChI=1S/C21H26ClN3O/c1-16(2)17-3-7-19(8-4-17)23-21(26)15-24-11-13-25(14-12-24)20-9-5-18(22)6-10-20/h3-10,16H,11-15H2,1-2H3,(H,23,26). The second-order valence-corrected chi connectivity index (χ2v) is 7.50. The number of benzene rings is 2. The molecule has 5 heteroatoms. The number of carbonyl (C=O) groups is 1. The molecule has 0 unspecified atom stereocenters. The van der Waals surface area contributed by atoms with E-state index in [1.54, 1.807) is 0 Å². The largest absolute Gasteiger partial charge is 0.369 e. The number of hydrogen-bond donors (Lipinski definition) is 1. The van der Waals surface area contributed by atoms with Gasteiger partial charge in [-0.05, 0) is 47.9 Å². The zero-order chi connectivity index (χ0) is 18.5. The second kappa shape index (κ2) is 8.56. The predicted molar refractivity (Wildman–Crippen MR) is 109 cm³/mol. The van der Waals surface area contributed by atoms with E-state index in [4.69, 9.17) is 11.6 Å². The van der Waals surface area contributed by atoms with Crippen molar-refractivity contribution in [2.75, 3.05) is 42.9 Å². The van der Waals surface area contributed by atoms with E-state index in [0.717, 1.165) is 36.9 Å². The van der Waals surface area contributed by atoms with E-state index in [-0.39, 0.29) is 5.91 Å². The summed E-state index contributed by atoms with van der Waals surface area (Å²) in [6.45, 7) is 8.34. The van der Waals surface area contributed by atoms with Crippen LogP contribution in [-0.4, -0.2) is 43.5 Å². The first kappa shape index (κ1) is 18.7. The van der Waals surface area contributed by atoms with Crippen molar-refractivity contribution in [2.45, 2.75) is 19.8 Å². The highest BCUT2D eigenvalue weighted by atomic mass is 35.5. The summed E-state index contributed by atoms with van der Waals surface area (Å²) in [6.07, 6.45) is 0. The molecule has 1 heterocycles. The Morgan fingerprint density at radius 3 is 2.19 bits per heavy atom. The number of rotatable bonds is 5. The zero-order valence-corrected chi connectivity index (χ0v) is 16.2. The lowest BCUT2D eigenvalue weighted by atomic mass is 10.0. The van der Waals surface area contributed by atoms with Crippen LogP contribution in [0.2, 0.25) is 5.02 Å². The van der Waals surface area contributed by atoms with Crippen LogP contribution in [0, 0.1) is 0 Å². The van der Waals surface area contributed by atoms with Crippen molar-refractivity contribution in [1.29, 1.82) is 0 Å². The van der Waals surface area contributed by atoms with Gasteiger partial charge in [-0.2, -0.15) is 0 Å². The summed E-state index contributed by atoms with van der Waals surface area (Å²) >= 11 is 5.95. The Balaban J connectivity index is 1.46. The summed E-state index contributed by atoms with van der Waals surface area (Å²) < 4.78 is 0. The average Bonchev–Trinajstić information content (AvgIpc) is 2.63. The number of carbonyl (C=O) groups excluding carboxylic acids is 1. The van der Waals surface area contributed by atoms with E-state index in [2.05, 4.69) is 41.1 Å². The van der Waals surface area contributed by atoms with Crippen LogP contribution in [0.4, 0.5) is 11.4 Å². The molecule has 138 valence electrons. The Morgan fingerprint density at radius 2 is 1.62 bits per heavy atom. The molecule has 26 heavy (non-hydrogen) atoms. The molecule has 2 aromatic carbocycles. The Kier molecular flexibility index (Phi) is 6.17. The average molecular weight is 372 g/mol. The Morgan fingerprint density at radius 1 is 1.00 bits per heavy atom. The van der Waals surface area contributed by atoms with E-state index in [0.29, 0.717) is 12.5 Å². The van der Waals surface area contributed by atoms with Crippen LogP contribution in [0.5, 0.6) is 0 Å². The third kappa shape index (κ3) is 4.99. The van der Waals surface area contributed by atoms with Crippen molar-refractivity contribution in [3.63, 3.8) is 0 Å². The van der Waals surface area contributed by atoms with Crippen LogP contribution >= 0.6 is 11.6 Å². The second-order valence-electron chi connectivity index (χ2n) is 7.06. The number of amides is 1. The van der Waals surface area contributed by atoms with E-state index in [1.165, 1.54) is 11.3 Å². The van der Waals surface area contributed by atoms with Gasteiger partial charge in [0, 0.05) is 42.6 Å². The Hall–Kier alpha value is -2.04. The number of halogens is 1. The van der Waals surface area contributed by atoms with E-state index in [9.17, 15) is 4.79 Å². The first-order valence-electron chi connectivity index (χ1n) is 9.14. The molecule has 0 radical (unpaired) electrons. The van der Waals surface area contributed by atoms with Crippen molar-refractivity contribution in [2.24, 2.45) is 0 Å². The van der Waals surface area contributed by atoms with Gasteiger partial charge >= 0.3 is 0 Å². The molecule has 1 N–H and O–H groups in total. The molecular weight excluding hydrogens is 346 g/mol. The molecule has 2 aromatic rings. The minimum Gasteiger partial charge on any atom is -0.369 e. The summed E-state index contributed by atoms with van der Waals surface area (Å²) in [7, 11) is 0. The monoisotopic (exact) mass is 371 g/mol. The molecule has 0 spiro atoms. The summed E-state index contributed by atoms with van der Waals surface area (Å²) in [4.78, 5) is 16.8. The Bertz CT molecular complexity index is 720. The maximum absolute atomic E-state index is 12.3. The molecule has 0 aliphatic carbocycles. The minimum absolute atomic E-state index is 0.0437. The summed E-state index contributed by atoms with van der Waals surface area (Å²) in [5, 5.41) is 3.75. The molecule has 1 saturated heterocycles. The first-order chi connectivity index (χ1) is 12.5. The third-order valence-electron chi connectivity index (χ3n) is 4.79. The number of piperazine rings is 1. The van der Waals surface area contributed by atoms with Crippen LogP contribution in [0.3, 0.4) is 0 Å². The minimum atomic E-state index is 0.0437. The van der Waals surface area contributed by atoms with Gasteiger partial charge in [-0.15, -0.1) is 0 Å². The number of nitrogens with zero attached hydrogens (tertiary/aromatic N) is 2. The summed E-state index contributed by atoms with van der Waals surface area (Å²) in [5.41, 5.74) is 3.32. The smallest absolute Gasteiger partial charge is 0.238 e.